The number of aromatic nitrogens is 2. The third kappa shape index (κ3) is 5.15. The first kappa shape index (κ1) is 20.9. The minimum atomic E-state index is -4.67. The van der Waals surface area contributed by atoms with Gasteiger partial charge in [0.15, 0.2) is 5.60 Å². The number of halogens is 5. The van der Waals surface area contributed by atoms with E-state index in [4.69, 9.17) is 16.3 Å². The minimum Gasteiger partial charge on any atom is -0.351 e. The number of amides is 1. The zero-order chi connectivity index (χ0) is 21.1. The second-order valence-corrected chi connectivity index (χ2v) is 6.48. The van der Waals surface area contributed by atoms with E-state index in [0.29, 0.717) is 0 Å². The number of dihydropyridines is 1. The highest BCUT2D eigenvalue weighted by atomic mass is 35.5. The summed E-state index contributed by atoms with van der Waals surface area (Å²) in [7, 11) is 0. The fraction of sp³-hybridized carbons (Fsp3) is 0.222. The lowest BCUT2D eigenvalue weighted by molar-refractivity contribution is -0.189. The lowest BCUT2D eigenvalue weighted by Crippen LogP contribution is -2.39. The molecule has 1 aromatic heterocycles. The second-order valence-electron chi connectivity index (χ2n) is 6.04. The van der Waals surface area contributed by atoms with Crippen LogP contribution in [0, 0.1) is 5.82 Å². The zero-order valence-electron chi connectivity index (χ0n) is 14.6. The standard InChI is InChI=1S/C18H13ClF4N4O2/c19-12-1-2-14(15(20)3-12)17(29-9-18(21,22)23)4-13(7-24-8-17)27-16(28)11-5-25-10-26-6-11/h1-6,8,10H,7,9H2,(H,27,28). The van der Waals surface area contributed by atoms with Gasteiger partial charge in [0.1, 0.15) is 18.8 Å². The van der Waals surface area contributed by atoms with Gasteiger partial charge in [0.2, 0.25) is 0 Å². The molecule has 1 aromatic carbocycles. The fourth-order valence-electron chi connectivity index (χ4n) is 2.64. The largest absolute Gasteiger partial charge is 0.411 e. The number of aliphatic imine (C=N–C) groups is 1. The van der Waals surface area contributed by atoms with Crippen LogP contribution in [0.2, 0.25) is 5.02 Å². The molecule has 1 N–H and O–H groups in total. The van der Waals surface area contributed by atoms with Crippen LogP contribution in [-0.4, -0.2) is 41.4 Å². The summed E-state index contributed by atoms with van der Waals surface area (Å²) >= 11 is 5.74. The van der Waals surface area contributed by atoms with E-state index >= 15 is 0 Å². The monoisotopic (exact) mass is 428 g/mol. The molecule has 1 unspecified atom stereocenters. The molecule has 1 aliphatic rings. The van der Waals surface area contributed by atoms with Gasteiger partial charge in [-0.15, -0.1) is 0 Å². The summed E-state index contributed by atoms with van der Waals surface area (Å²) in [6.07, 6.45) is 1.34. The zero-order valence-corrected chi connectivity index (χ0v) is 15.3. The average molecular weight is 429 g/mol. The van der Waals surface area contributed by atoms with Crippen LogP contribution in [0.5, 0.6) is 0 Å². The van der Waals surface area contributed by atoms with Crippen molar-refractivity contribution in [3.05, 3.63) is 70.7 Å². The van der Waals surface area contributed by atoms with E-state index in [1.807, 2.05) is 0 Å². The van der Waals surface area contributed by atoms with Crippen molar-refractivity contribution in [2.75, 3.05) is 13.2 Å². The van der Waals surface area contributed by atoms with Gasteiger partial charge in [-0.25, -0.2) is 14.4 Å². The molecule has 1 aliphatic heterocycles. The fourth-order valence-corrected chi connectivity index (χ4v) is 2.80. The Morgan fingerprint density at radius 3 is 2.66 bits per heavy atom. The first-order chi connectivity index (χ1) is 13.7. The third-order valence-corrected chi connectivity index (χ3v) is 4.09. The smallest absolute Gasteiger partial charge is 0.351 e. The van der Waals surface area contributed by atoms with Crippen LogP contribution in [0.3, 0.4) is 0 Å². The van der Waals surface area contributed by atoms with Gasteiger partial charge in [-0.05, 0) is 18.2 Å². The molecular weight excluding hydrogens is 416 g/mol. The molecule has 0 fully saturated rings. The van der Waals surface area contributed by atoms with Crippen LogP contribution in [-0.2, 0) is 10.3 Å². The second kappa shape index (κ2) is 8.26. The molecule has 11 heteroatoms. The van der Waals surface area contributed by atoms with Crippen molar-refractivity contribution in [1.82, 2.24) is 15.3 Å². The number of ether oxygens (including phenoxy) is 1. The summed E-state index contributed by atoms with van der Waals surface area (Å²) in [4.78, 5) is 23.7. The van der Waals surface area contributed by atoms with Gasteiger partial charge in [-0.2, -0.15) is 13.2 Å². The molecule has 0 saturated heterocycles. The number of carbonyl (C=O) groups is 1. The van der Waals surface area contributed by atoms with Gasteiger partial charge in [-0.3, -0.25) is 9.79 Å². The maximum atomic E-state index is 14.5. The first-order valence-electron chi connectivity index (χ1n) is 8.14. The Labute approximate surface area is 167 Å². The van der Waals surface area contributed by atoms with Gasteiger partial charge in [0, 0.05) is 34.9 Å². The van der Waals surface area contributed by atoms with Crippen LogP contribution in [0.25, 0.3) is 0 Å². The summed E-state index contributed by atoms with van der Waals surface area (Å²) < 4.78 is 58.0. The van der Waals surface area contributed by atoms with E-state index in [9.17, 15) is 22.4 Å². The highest BCUT2D eigenvalue weighted by molar-refractivity contribution is 6.30. The molecule has 0 radical (unpaired) electrons. The highest BCUT2D eigenvalue weighted by Gasteiger charge is 2.39. The number of carbonyl (C=O) groups excluding carboxylic acids is 1. The topological polar surface area (TPSA) is 76.5 Å². The first-order valence-corrected chi connectivity index (χ1v) is 8.52. The Hall–Kier alpha value is -2.85. The number of benzene rings is 1. The Morgan fingerprint density at radius 1 is 1.28 bits per heavy atom. The number of alkyl halides is 3. The van der Waals surface area contributed by atoms with Gasteiger partial charge < -0.3 is 10.1 Å². The number of nitrogens with zero attached hydrogens (tertiary/aromatic N) is 3. The predicted molar refractivity (Wildman–Crippen MR) is 96.0 cm³/mol. The van der Waals surface area contributed by atoms with E-state index in [1.54, 1.807) is 0 Å². The lowest BCUT2D eigenvalue weighted by Gasteiger charge is -2.32. The molecular formula is C18H13ClF4N4O2. The van der Waals surface area contributed by atoms with Gasteiger partial charge in [0.05, 0.1) is 12.1 Å². The third-order valence-electron chi connectivity index (χ3n) is 3.86. The summed E-state index contributed by atoms with van der Waals surface area (Å²) in [5.41, 5.74) is -1.97. The van der Waals surface area contributed by atoms with E-state index in [-0.39, 0.29) is 28.4 Å². The molecule has 29 heavy (non-hydrogen) atoms. The molecule has 0 bridgehead atoms. The number of nitrogens with one attached hydrogen (secondary N) is 1. The van der Waals surface area contributed by atoms with Gasteiger partial charge in [-0.1, -0.05) is 17.7 Å². The van der Waals surface area contributed by atoms with Crippen LogP contribution < -0.4 is 5.32 Å². The number of hydrogen-bond donors (Lipinski definition) is 1. The molecule has 3 rings (SSSR count). The molecule has 2 aromatic rings. The molecule has 0 aliphatic carbocycles. The Kier molecular flexibility index (Phi) is 5.94. The molecule has 0 saturated carbocycles. The molecule has 1 amide bonds. The van der Waals surface area contributed by atoms with Crippen LogP contribution in [0.4, 0.5) is 17.6 Å². The summed E-state index contributed by atoms with van der Waals surface area (Å²) in [6.45, 7) is -1.71. The molecule has 2 heterocycles. The molecule has 6 nitrogen and oxygen atoms in total. The quantitative estimate of drug-likeness (QED) is 0.740. The minimum absolute atomic E-state index is 0.0498. The van der Waals surface area contributed by atoms with Gasteiger partial charge in [0.25, 0.3) is 5.91 Å². The van der Waals surface area contributed by atoms with Crippen molar-refractivity contribution < 1.29 is 27.1 Å². The lowest BCUT2D eigenvalue weighted by atomic mass is 9.91. The van der Waals surface area contributed by atoms with Crippen molar-refractivity contribution in [2.24, 2.45) is 4.99 Å². The van der Waals surface area contributed by atoms with E-state index in [0.717, 1.165) is 12.3 Å². The van der Waals surface area contributed by atoms with Crippen molar-refractivity contribution >= 4 is 23.7 Å². The SMILES string of the molecule is O=C(NC1=CC(OCC(F)(F)F)(c2ccc(Cl)cc2F)C=NC1)c1cncnc1. The van der Waals surface area contributed by atoms with E-state index in [1.165, 1.54) is 36.9 Å². The summed E-state index contributed by atoms with van der Waals surface area (Å²) in [6, 6.07) is 3.46. The van der Waals surface area contributed by atoms with E-state index in [2.05, 4.69) is 20.3 Å². The Balaban J connectivity index is 1.96. The van der Waals surface area contributed by atoms with Crippen molar-refractivity contribution in [3.63, 3.8) is 0 Å². The molecule has 0 spiro atoms. The van der Waals surface area contributed by atoms with Crippen LogP contribution >= 0.6 is 11.6 Å². The summed E-state index contributed by atoms with van der Waals surface area (Å²) in [5, 5.41) is 2.57. The maximum Gasteiger partial charge on any atom is 0.411 e. The van der Waals surface area contributed by atoms with Crippen LogP contribution in [0.1, 0.15) is 15.9 Å². The van der Waals surface area contributed by atoms with Gasteiger partial charge >= 0.3 is 6.18 Å². The predicted octanol–water partition coefficient (Wildman–Crippen LogP) is 3.44. The molecule has 152 valence electrons. The summed E-state index contributed by atoms with van der Waals surface area (Å²) in [5.74, 6) is -1.48. The Morgan fingerprint density at radius 2 is 2.00 bits per heavy atom. The highest BCUT2D eigenvalue weighted by Crippen LogP contribution is 2.34. The number of rotatable bonds is 5. The number of hydrogen-bond acceptors (Lipinski definition) is 5. The van der Waals surface area contributed by atoms with Crippen molar-refractivity contribution in [1.29, 1.82) is 0 Å². The molecule has 1 atom stereocenters. The van der Waals surface area contributed by atoms with E-state index < -0.39 is 30.1 Å². The Bertz CT molecular complexity index is 966. The average Bonchev–Trinajstić information content (AvgIpc) is 2.67. The van der Waals surface area contributed by atoms with Crippen LogP contribution in [0.15, 0.2) is 53.7 Å². The van der Waals surface area contributed by atoms with Crippen molar-refractivity contribution in [2.45, 2.75) is 11.8 Å². The maximum absolute atomic E-state index is 14.5. The van der Waals surface area contributed by atoms with Crippen molar-refractivity contribution in [3.8, 4) is 0 Å². The normalized spacial score (nSPS) is 19.0.